The van der Waals surface area contributed by atoms with Gasteiger partial charge in [-0.2, -0.15) is 0 Å². The molecule has 0 aliphatic carbocycles. The van der Waals surface area contributed by atoms with Crippen molar-refractivity contribution in [3.8, 4) is 0 Å². The summed E-state index contributed by atoms with van der Waals surface area (Å²) in [6.07, 6.45) is 0. The minimum absolute atomic E-state index is 0.0208. The highest BCUT2D eigenvalue weighted by Gasteiger charge is 2.17. The number of hydrogen-bond acceptors (Lipinski definition) is 7. The molecule has 150 valence electrons. The Bertz CT molecular complexity index is 1210. The van der Waals surface area contributed by atoms with E-state index in [1.54, 1.807) is 0 Å². The molecule has 0 saturated heterocycles. The smallest absolute Gasteiger partial charge is 0.331 e. The van der Waals surface area contributed by atoms with Gasteiger partial charge in [-0.3, -0.25) is 34.2 Å². The van der Waals surface area contributed by atoms with Crippen molar-refractivity contribution in [3.63, 3.8) is 0 Å². The molecule has 0 spiro atoms. The van der Waals surface area contributed by atoms with Crippen LogP contribution in [0.25, 0.3) is 10.9 Å². The maximum atomic E-state index is 12.9. The minimum Gasteiger partial charge on any atom is -0.383 e. The van der Waals surface area contributed by atoms with Gasteiger partial charge in [0.1, 0.15) is 0 Å². The number of non-ortho nitro benzene ring substituents is 2. The van der Waals surface area contributed by atoms with E-state index in [-0.39, 0.29) is 42.0 Å². The van der Waals surface area contributed by atoms with Crippen LogP contribution in [-0.4, -0.2) is 32.7 Å². The van der Waals surface area contributed by atoms with Crippen molar-refractivity contribution in [3.05, 3.63) is 89.1 Å². The van der Waals surface area contributed by atoms with Crippen molar-refractivity contribution >= 4 is 22.3 Å². The standard InChI is InChI=1S/C18H16N4O7/c1-29-9-8-19-17(23)15-10-14(22(27)28)6-7-16(15)20(18(19)24)11-12-2-4-13(5-3-12)21(25)26/h2-7,10H,8-9,11H2,1H3. The summed E-state index contributed by atoms with van der Waals surface area (Å²) in [5.74, 6) is 0. The predicted molar refractivity (Wildman–Crippen MR) is 103 cm³/mol. The zero-order valence-electron chi connectivity index (χ0n) is 15.3. The Labute approximate surface area is 162 Å². The van der Waals surface area contributed by atoms with Gasteiger partial charge in [-0.1, -0.05) is 12.1 Å². The molecule has 11 heteroatoms. The second-order valence-electron chi connectivity index (χ2n) is 6.20. The number of aromatic nitrogens is 2. The third-order valence-corrected chi connectivity index (χ3v) is 4.43. The van der Waals surface area contributed by atoms with Gasteiger partial charge in [0, 0.05) is 31.4 Å². The van der Waals surface area contributed by atoms with E-state index in [1.165, 1.54) is 48.1 Å². The number of rotatable bonds is 7. The number of nitro groups is 2. The SMILES string of the molecule is COCCn1c(=O)c2cc([N+](=O)[O-])ccc2n(Cc2ccc([N+](=O)[O-])cc2)c1=O. The van der Waals surface area contributed by atoms with E-state index in [0.717, 1.165) is 10.6 Å². The van der Waals surface area contributed by atoms with Gasteiger partial charge in [0.05, 0.1) is 40.4 Å². The molecule has 0 N–H and O–H groups in total. The number of fused-ring (bicyclic) bond motifs is 1. The fourth-order valence-electron chi connectivity index (χ4n) is 2.96. The minimum atomic E-state index is -0.648. The molecule has 1 aromatic heterocycles. The molecule has 0 bridgehead atoms. The second-order valence-corrected chi connectivity index (χ2v) is 6.20. The molecule has 29 heavy (non-hydrogen) atoms. The Hall–Kier alpha value is -3.86. The molecular weight excluding hydrogens is 384 g/mol. The third kappa shape index (κ3) is 3.89. The molecule has 0 aliphatic heterocycles. The molecule has 3 aromatic rings. The summed E-state index contributed by atoms with van der Waals surface area (Å²) < 4.78 is 7.21. The first-order chi connectivity index (χ1) is 13.8. The first kappa shape index (κ1) is 19.9. The van der Waals surface area contributed by atoms with Crippen LogP contribution in [0.2, 0.25) is 0 Å². The van der Waals surface area contributed by atoms with Crippen molar-refractivity contribution in [1.29, 1.82) is 0 Å². The highest BCUT2D eigenvalue weighted by Crippen LogP contribution is 2.19. The topological polar surface area (TPSA) is 140 Å². The van der Waals surface area contributed by atoms with Crippen LogP contribution in [-0.2, 0) is 17.8 Å². The van der Waals surface area contributed by atoms with Gasteiger partial charge in [-0.05, 0) is 11.6 Å². The predicted octanol–water partition coefficient (Wildman–Crippen LogP) is 1.67. The van der Waals surface area contributed by atoms with E-state index in [0.29, 0.717) is 5.56 Å². The van der Waals surface area contributed by atoms with Gasteiger partial charge in [0.2, 0.25) is 0 Å². The zero-order valence-corrected chi connectivity index (χ0v) is 15.3. The molecular formula is C18H16N4O7. The molecule has 0 fully saturated rings. The van der Waals surface area contributed by atoms with Crippen LogP contribution < -0.4 is 11.2 Å². The quantitative estimate of drug-likeness (QED) is 0.434. The lowest BCUT2D eigenvalue weighted by atomic mass is 10.1. The molecule has 0 unspecified atom stereocenters. The first-order valence-electron chi connectivity index (χ1n) is 8.47. The zero-order chi connectivity index (χ0) is 21.1. The molecule has 0 saturated carbocycles. The summed E-state index contributed by atoms with van der Waals surface area (Å²) in [5.41, 5.74) is -0.788. The summed E-state index contributed by atoms with van der Waals surface area (Å²) in [7, 11) is 1.42. The van der Waals surface area contributed by atoms with Crippen LogP contribution in [0.15, 0.2) is 52.1 Å². The van der Waals surface area contributed by atoms with Gasteiger partial charge in [0.25, 0.3) is 16.9 Å². The van der Waals surface area contributed by atoms with Gasteiger partial charge in [-0.15, -0.1) is 0 Å². The molecule has 0 atom stereocenters. The molecule has 0 amide bonds. The van der Waals surface area contributed by atoms with Crippen molar-refractivity contribution in [2.24, 2.45) is 0 Å². The first-order valence-corrected chi connectivity index (χ1v) is 8.47. The van der Waals surface area contributed by atoms with Crippen LogP contribution in [0.5, 0.6) is 0 Å². The lowest BCUT2D eigenvalue weighted by Crippen LogP contribution is -2.41. The summed E-state index contributed by atoms with van der Waals surface area (Å²) >= 11 is 0. The number of ether oxygens (including phenoxy) is 1. The Morgan fingerprint density at radius 1 is 0.931 bits per heavy atom. The summed E-state index contributed by atoms with van der Waals surface area (Å²) in [5, 5.41) is 21.9. The number of nitrogens with zero attached hydrogens (tertiary/aromatic N) is 4. The summed E-state index contributed by atoms with van der Waals surface area (Å²) in [6.45, 7) is 0.110. The summed E-state index contributed by atoms with van der Waals surface area (Å²) in [4.78, 5) is 46.4. The van der Waals surface area contributed by atoms with Crippen molar-refractivity contribution in [2.45, 2.75) is 13.1 Å². The van der Waals surface area contributed by atoms with Crippen LogP contribution in [0.1, 0.15) is 5.56 Å². The molecule has 1 heterocycles. The Kier molecular flexibility index (Phi) is 5.50. The fraction of sp³-hybridized carbons (Fsp3) is 0.222. The van der Waals surface area contributed by atoms with Crippen molar-refractivity contribution < 1.29 is 14.6 Å². The molecule has 11 nitrogen and oxygen atoms in total. The number of benzene rings is 2. The normalized spacial score (nSPS) is 10.9. The van der Waals surface area contributed by atoms with Crippen LogP contribution in [0.3, 0.4) is 0 Å². The average molecular weight is 400 g/mol. The van der Waals surface area contributed by atoms with Crippen molar-refractivity contribution in [1.82, 2.24) is 9.13 Å². The lowest BCUT2D eigenvalue weighted by molar-refractivity contribution is -0.385. The van der Waals surface area contributed by atoms with E-state index < -0.39 is 21.1 Å². The summed E-state index contributed by atoms with van der Waals surface area (Å²) in [6, 6.07) is 9.34. The molecule has 0 aliphatic rings. The molecule has 2 aromatic carbocycles. The van der Waals surface area contributed by atoms with E-state index in [9.17, 15) is 29.8 Å². The van der Waals surface area contributed by atoms with E-state index in [2.05, 4.69) is 0 Å². The average Bonchev–Trinajstić information content (AvgIpc) is 2.71. The number of hydrogen-bond donors (Lipinski definition) is 0. The van der Waals surface area contributed by atoms with E-state index >= 15 is 0 Å². The van der Waals surface area contributed by atoms with Crippen LogP contribution >= 0.6 is 0 Å². The van der Waals surface area contributed by atoms with Gasteiger partial charge < -0.3 is 4.74 Å². The van der Waals surface area contributed by atoms with Crippen molar-refractivity contribution in [2.75, 3.05) is 13.7 Å². The van der Waals surface area contributed by atoms with Gasteiger partial charge in [-0.25, -0.2) is 4.79 Å². The Morgan fingerprint density at radius 3 is 2.14 bits per heavy atom. The molecule has 3 rings (SSSR count). The fourth-order valence-corrected chi connectivity index (χ4v) is 2.96. The number of nitro benzene ring substituents is 2. The lowest BCUT2D eigenvalue weighted by Gasteiger charge is -2.14. The second kappa shape index (κ2) is 8.02. The maximum Gasteiger partial charge on any atom is 0.331 e. The van der Waals surface area contributed by atoms with Gasteiger partial charge in [0.15, 0.2) is 0 Å². The van der Waals surface area contributed by atoms with Crippen LogP contribution in [0.4, 0.5) is 11.4 Å². The maximum absolute atomic E-state index is 12.9. The monoisotopic (exact) mass is 400 g/mol. The highest BCUT2D eigenvalue weighted by atomic mass is 16.6. The molecule has 0 radical (unpaired) electrons. The Morgan fingerprint density at radius 2 is 1.55 bits per heavy atom. The van der Waals surface area contributed by atoms with E-state index in [1.807, 2.05) is 0 Å². The van der Waals surface area contributed by atoms with Crippen LogP contribution in [0, 0.1) is 20.2 Å². The highest BCUT2D eigenvalue weighted by molar-refractivity contribution is 5.80. The number of methoxy groups -OCH3 is 1. The van der Waals surface area contributed by atoms with Gasteiger partial charge >= 0.3 is 5.69 Å². The largest absolute Gasteiger partial charge is 0.383 e. The Balaban J connectivity index is 2.20. The van der Waals surface area contributed by atoms with E-state index in [4.69, 9.17) is 4.74 Å². The third-order valence-electron chi connectivity index (χ3n) is 4.43.